The van der Waals surface area contributed by atoms with E-state index in [1.807, 2.05) is 32.9 Å². The van der Waals surface area contributed by atoms with Crippen LogP contribution in [0.25, 0.3) is 0 Å². The van der Waals surface area contributed by atoms with Crippen molar-refractivity contribution in [3.63, 3.8) is 0 Å². The van der Waals surface area contributed by atoms with Gasteiger partial charge in [-0.15, -0.1) is 0 Å². The van der Waals surface area contributed by atoms with Crippen LogP contribution >= 0.6 is 0 Å². The molecule has 0 aromatic heterocycles. The Balaban J connectivity index is 2.57. The first-order chi connectivity index (χ1) is 7.98. The standard InChI is InChI=1S/C13H22O4/c1-5-7-10(8-12(14)15-6-2)11-9-16-13(3,4)17-11/h5,7,10-11H,6,8-9H2,1-4H3/b7-5+/t10-,11+/m0/s1. The molecule has 17 heavy (non-hydrogen) atoms. The van der Waals surface area contributed by atoms with Gasteiger partial charge in [-0.1, -0.05) is 12.2 Å². The third kappa shape index (κ3) is 4.48. The molecule has 2 atom stereocenters. The van der Waals surface area contributed by atoms with Crippen LogP contribution in [0.4, 0.5) is 0 Å². The topological polar surface area (TPSA) is 44.8 Å². The van der Waals surface area contributed by atoms with Gasteiger partial charge in [-0.25, -0.2) is 0 Å². The fourth-order valence-electron chi connectivity index (χ4n) is 1.91. The minimum Gasteiger partial charge on any atom is -0.466 e. The quantitative estimate of drug-likeness (QED) is 0.548. The van der Waals surface area contributed by atoms with Crippen LogP contribution in [0.3, 0.4) is 0 Å². The summed E-state index contributed by atoms with van der Waals surface area (Å²) in [7, 11) is 0. The summed E-state index contributed by atoms with van der Waals surface area (Å²) in [6, 6.07) is 0. The average molecular weight is 242 g/mol. The molecule has 1 heterocycles. The minimum absolute atomic E-state index is 0.0147. The Morgan fingerprint density at radius 3 is 2.76 bits per heavy atom. The van der Waals surface area contributed by atoms with E-state index in [0.29, 0.717) is 19.6 Å². The number of carbonyl (C=O) groups is 1. The van der Waals surface area contributed by atoms with Gasteiger partial charge in [-0.05, 0) is 27.7 Å². The molecule has 0 amide bonds. The van der Waals surface area contributed by atoms with Crippen LogP contribution in [0.5, 0.6) is 0 Å². The number of hydrogen-bond acceptors (Lipinski definition) is 4. The molecule has 98 valence electrons. The van der Waals surface area contributed by atoms with Crippen LogP contribution < -0.4 is 0 Å². The molecular weight excluding hydrogens is 220 g/mol. The van der Waals surface area contributed by atoms with Crippen LogP contribution in [0.15, 0.2) is 12.2 Å². The molecule has 1 aliphatic rings. The second-order valence-corrected chi connectivity index (χ2v) is 4.57. The Labute approximate surface area is 103 Å². The first-order valence-electron chi connectivity index (χ1n) is 6.08. The van der Waals surface area contributed by atoms with Gasteiger partial charge in [0.2, 0.25) is 0 Å². The molecule has 1 saturated heterocycles. The van der Waals surface area contributed by atoms with Crippen LogP contribution in [-0.2, 0) is 19.0 Å². The van der Waals surface area contributed by atoms with E-state index in [1.54, 1.807) is 6.92 Å². The predicted octanol–water partition coefficient (Wildman–Crippen LogP) is 2.28. The van der Waals surface area contributed by atoms with E-state index in [9.17, 15) is 4.79 Å². The van der Waals surface area contributed by atoms with Crippen molar-refractivity contribution in [1.82, 2.24) is 0 Å². The number of allylic oxidation sites excluding steroid dienone is 1. The first-order valence-corrected chi connectivity index (χ1v) is 6.08. The molecule has 1 aliphatic heterocycles. The molecule has 0 aromatic carbocycles. The van der Waals surface area contributed by atoms with Gasteiger partial charge >= 0.3 is 5.97 Å². The zero-order chi connectivity index (χ0) is 12.9. The zero-order valence-corrected chi connectivity index (χ0v) is 11.1. The zero-order valence-electron chi connectivity index (χ0n) is 11.1. The fraction of sp³-hybridized carbons (Fsp3) is 0.769. The lowest BCUT2D eigenvalue weighted by Gasteiger charge is -2.21. The van der Waals surface area contributed by atoms with E-state index < -0.39 is 5.79 Å². The lowest BCUT2D eigenvalue weighted by molar-refractivity contribution is -0.151. The molecule has 0 aliphatic carbocycles. The van der Waals surface area contributed by atoms with Gasteiger partial charge in [0.25, 0.3) is 0 Å². The molecule has 0 radical (unpaired) electrons. The van der Waals surface area contributed by atoms with Crippen molar-refractivity contribution < 1.29 is 19.0 Å². The van der Waals surface area contributed by atoms with E-state index >= 15 is 0 Å². The smallest absolute Gasteiger partial charge is 0.306 e. The van der Waals surface area contributed by atoms with Gasteiger partial charge in [-0.3, -0.25) is 4.79 Å². The summed E-state index contributed by atoms with van der Waals surface area (Å²) in [4.78, 5) is 11.5. The van der Waals surface area contributed by atoms with E-state index in [1.165, 1.54) is 0 Å². The lowest BCUT2D eigenvalue weighted by Crippen LogP contribution is -2.27. The number of hydrogen-bond donors (Lipinski definition) is 0. The van der Waals surface area contributed by atoms with Crippen LogP contribution in [0.1, 0.15) is 34.1 Å². The maximum absolute atomic E-state index is 11.5. The monoisotopic (exact) mass is 242 g/mol. The van der Waals surface area contributed by atoms with Crippen molar-refractivity contribution in [3.8, 4) is 0 Å². The number of ether oxygens (including phenoxy) is 3. The summed E-state index contributed by atoms with van der Waals surface area (Å²) in [5, 5.41) is 0. The van der Waals surface area contributed by atoms with Crippen LogP contribution in [0, 0.1) is 5.92 Å². The van der Waals surface area contributed by atoms with Gasteiger partial charge in [0.05, 0.1) is 25.7 Å². The SMILES string of the molecule is C/C=C/[C@@H](CC(=O)OCC)[C@H]1COC(C)(C)O1. The van der Waals surface area contributed by atoms with E-state index in [2.05, 4.69) is 0 Å². The van der Waals surface area contributed by atoms with Crippen molar-refractivity contribution in [3.05, 3.63) is 12.2 Å². The van der Waals surface area contributed by atoms with Crippen LogP contribution in [0.2, 0.25) is 0 Å². The lowest BCUT2D eigenvalue weighted by atomic mass is 9.98. The number of rotatable bonds is 5. The molecule has 0 N–H and O–H groups in total. The molecule has 0 bridgehead atoms. The second kappa shape index (κ2) is 6.17. The van der Waals surface area contributed by atoms with Gasteiger partial charge in [-0.2, -0.15) is 0 Å². The summed E-state index contributed by atoms with van der Waals surface area (Å²) >= 11 is 0. The molecule has 0 aromatic rings. The van der Waals surface area contributed by atoms with Crippen molar-refractivity contribution in [1.29, 1.82) is 0 Å². The summed E-state index contributed by atoms with van der Waals surface area (Å²) in [6.45, 7) is 8.42. The molecule has 4 nitrogen and oxygen atoms in total. The van der Waals surface area contributed by atoms with E-state index in [0.717, 1.165) is 0 Å². The van der Waals surface area contributed by atoms with Gasteiger partial charge in [0.1, 0.15) is 0 Å². The second-order valence-electron chi connectivity index (χ2n) is 4.57. The Hall–Kier alpha value is -0.870. The highest BCUT2D eigenvalue weighted by atomic mass is 16.7. The Bertz CT molecular complexity index is 283. The van der Waals surface area contributed by atoms with Gasteiger partial charge in [0, 0.05) is 5.92 Å². The predicted molar refractivity (Wildman–Crippen MR) is 64.5 cm³/mol. The molecule has 1 rings (SSSR count). The Morgan fingerprint density at radius 1 is 1.59 bits per heavy atom. The van der Waals surface area contributed by atoms with Crippen LogP contribution in [-0.4, -0.2) is 31.1 Å². The maximum Gasteiger partial charge on any atom is 0.306 e. The highest BCUT2D eigenvalue weighted by Crippen LogP contribution is 2.29. The largest absolute Gasteiger partial charge is 0.466 e. The molecule has 1 fully saturated rings. The van der Waals surface area contributed by atoms with Gasteiger partial charge in [0.15, 0.2) is 5.79 Å². The summed E-state index contributed by atoms with van der Waals surface area (Å²) in [5.41, 5.74) is 0. The summed E-state index contributed by atoms with van der Waals surface area (Å²) in [6.07, 6.45) is 4.17. The number of esters is 1. The van der Waals surface area contributed by atoms with Crippen molar-refractivity contribution in [2.75, 3.05) is 13.2 Å². The van der Waals surface area contributed by atoms with Crippen molar-refractivity contribution >= 4 is 5.97 Å². The third-order valence-electron chi connectivity index (χ3n) is 2.66. The third-order valence-corrected chi connectivity index (χ3v) is 2.66. The van der Waals surface area contributed by atoms with Crippen molar-refractivity contribution in [2.24, 2.45) is 5.92 Å². The summed E-state index contributed by atoms with van der Waals surface area (Å²) in [5.74, 6) is -0.733. The number of carbonyl (C=O) groups excluding carboxylic acids is 1. The molecule has 0 spiro atoms. The van der Waals surface area contributed by atoms with E-state index in [-0.39, 0.29) is 18.0 Å². The Kier molecular flexibility index (Phi) is 5.15. The molecule has 4 heteroatoms. The fourth-order valence-corrected chi connectivity index (χ4v) is 1.91. The van der Waals surface area contributed by atoms with Gasteiger partial charge < -0.3 is 14.2 Å². The molecule has 0 saturated carbocycles. The first kappa shape index (κ1) is 14.2. The molecular formula is C13H22O4. The maximum atomic E-state index is 11.5. The molecule has 0 unspecified atom stereocenters. The highest BCUT2D eigenvalue weighted by molar-refractivity contribution is 5.70. The average Bonchev–Trinajstić information content (AvgIpc) is 2.58. The highest BCUT2D eigenvalue weighted by Gasteiger charge is 2.37. The van der Waals surface area contributed by atoms with Crippen molar-refractivity contribution in [2.45, 2.75) is 46.0 Å². The normalized spacial score (nSPS) is 25.1. The summed E-state index contributed by atoms with van der Waals surface area (Å²) < 4.78 is 16.2. The minimum atomic E-state index is -0.556. The van der Waals surface area contributed by atoms with E-state index in [4.69, 9.17) is 14.2 Å². The Morgan fingerprint density at radius 2 is 2.29 bits per heavy atom.